The summed E-state index contributed by atoms with van der Waals surface area (Å²) in [6, 6.07) is 13.3. The lowest BCUT2D eigenvalue weighted by molar-refractivity contribution is -0.117. The molecule has 0 bridgehead atoms. The van der Waals surface area contributed by atoms with Crippen LogP contribution in [0.3, 0.4) is 0 Å². The van der Waals surface area contributed by atoms with E-state index in [1.807, 2.05) is 18.2 Å². The number of aromatic nitrogens is 1. The van der Waals surface area contributed by atoms with Gasteiger partial charge in [0.2, 0.25) is 5.91 Å². The van der Waals surface area contributed by atoms with Crippen LogP contribution >= 0.6 is 11.6 Å². The quantitative estimate of drug-likeness (QED) is 0.0688. The third kappa shape index (κ3) is 11.3. The Morgan fingerprint density at radius 1 is 1.04 bits per heavy atom. The van der Waals surface area contributed by atoms with Crippen LogP contribution in [0.25, 0.3) is 0 Å². The number of anilines is 1. The molecule has 1 saturated heterocycles. The molecule has 2 heterocycles. The van der Waals surface area contributed by atoms with Gasteiger partial charge in [-0.3, -0.25) is 19.6 Å². The fourth-order valence-electron chi connectivity index (χ4n) is 6.91. The highest BCUT2D eigenvalue weighted by Crippen LogP contribution is 2.40. The molecule has 1 atom stereocenters. The molecular formula is C42H61ClN6O5. The van der Waals surface area contributed by atoms with E-state index >= 15 is 0 Å². The van der Waals surface area contributed by atoms with E-state index in [0.29, 0.717) is 41.0 Å². The van der Waals surface area contributed by atoms with Crippen LogP contribution in [0, 0.1) is 5.41 Å². The Labute approximate surface area is 327 Å². The zero-order valence-electron chi connectivity index (χ0n) is 33.5. The van der Waals surface area contributed by atoms with Crippen molar-refractivity contribution >= 4 is 28.9 Å². The summed E-state index contributed by atoms with van der Waals surface area (Å²) in [5.74, 6) is 8.04. The molecule has 296 valence electrons. The molecule has 0 saturated carbocycles. The van der Waals surface area contributed by atoms with Crippen molar-refractivity contribution in [3.8, 4) is 17.2 Å². The van der Waals surface area contributed by atoms with Gasteiger partial charge >= 0.3 is 0 Å². The number of morpholine rings is 1. The number of nitrogens with zero attached hydrogens (tertiary/aromatic N) is 4. The summed E-state index contributed by atoms with van der Waals surface area (Å²) in [5.41, 5.74) is 4.15. The van der Waals surface area contributed by atoms with E-state index in [1.54, 1.807) is 44.8 Å². The van der Waals surface area contributed by atoms with Gasteiger partial charge in [0.15, 0.2) is 11.5 Å². The number of benzene rings is 2. The molecule has 0 aliphatic carbocycles. The first-order valence-electron chi connectivity index (χ1n) is 19.0. The SMILES string of the molecule is CCCN(CCCC(C)c1cc(OCC(C)(C)C(C)(C)N2CCOCC2)c(OC)cc1/C(Cc1ccncc1)=N\N)CC(=O)Nc1ccc(OC)c(Cl)c1. The second kappa shape index (κ2) is 20.1. The van der Waals surface area contributed by atoms with Crippen LogP contribution in [0.1, 0.15) is 83.4 Å². The van der Waals surface area contributed by atoms with Gasteiger partial charge in [-0.15, -0.1) is 0 Å². The average Bonchev–Trinajstić information content (AvgIpc) is 3.16. The number of halogens is 1. The average molecular weight is 765 g/mol. The van der Waals surface area contributed by atoms with Gasteiger partial charge in [0, 0.05) is 54.1 Å². The minimum absolute atomic E-state index is 0.0865. The fourth-order valence-corrected chi connectivity index (χ4v) is 7.16. The Balaban J connectivity index is 1.54. The number of amides is 1. The number of nitrogens with one attached hydrogen (secondary N) is 1. The van der Waals surface area contributed by atoms with E-state index in [1.165, 1.54) is 0 Å². The van der Waals surface area contributed by atoms with Gasteiger partial charge in [-0.25, -0.2) is 0 Å². The number of nitrogens with two attached hydrogens (primary N) is 1. The van der Waals surface area contributed by atoms with E-state index in [9.17, 15) is 4.79 Å². The molecule has 4 rings (SSSR count). The van der Waals surface area contributed by atoms with E-state index in [2.05, 4.69) is 72.8 Å². The molecule has 1 aliphatic heterocycles. The number of hydrogen-bond acceptors (Lipinski definition) is 10. The first-order chi connectivity index (χ1) is 25.8. The maximum atomic E-state index is 13.1. The first kappa shape index (κ1) is 42.8. The third-order valence-electron chi connectivity index (χ3n) is 11.0. The van der Waals surface area contributed by atoms with Gasteiger partial charge in [0.05, 0.1) is 51.3 Å². The number of carbonyl (C=O) groups is 1. The molecule has 11 nitrogen and oxygen atoms in total. The number of methoxy groups -OCH3 is 2. The molecule has 12 heteroatoms. The fraction of sp³-hybridized carbons (Fsp3) is 0.548. The zero-order valence-corrected chi connectivity index (χ0v) is 34.3. The third-order valence-corrected chi connectivity index (χ3v) is 11.3. The van der Waals surface area contributed by atoms with Crippen molar-refractivity contribution in [3.63, 3.8) is 0 Å². The zero-order chi connectivity index (χ0) is 39.3. The molecule has 54 heavy (non-hydrogen) atoms. The van der Waals surface area contributed by atoms with Gasteiger partial charge in [-0.1, -0.05) is 39.3 Å². The second-order valence-electron chi connectivity index (χ2n) is 15.2. The van der Waals surface area contributed by atoms with Gasteiger partial charge in [-0.2, -0.15) is 5.10 Å². The summed E-state index contributed by atoms with van der Waals surface area (Å²) in [4.78, 5) is 21.9. The highest BCUT2D eigenvalue weighted by molar-refractivity contribution is 6.32. The Morgan fingerprint density at radius 3 is 2.37 bits per heavy atom. The van der Waals surface area contributed by atoms with E-state index < -0.39 is 0 Å². The van der Waals surface area contributed by atoms with Gasteiger partial charge in [0.25, 0.3) is 0 Å². The normalized spacial score (nSPS) is 14.9. The summed E-state index contributed by atoms with van der Waals surface area (Å²) >= 11 is 6.28. The van der Waals surface area contributed by atoms with Crippen molar-refractivity contribution in [2.75, 3.05) is 72.1 Å². The predicted octanol–water partition coefficient (Wildman–Crippen LogP) is 7.41. The van der Waals surface area contributed by atoms with Crippen LogP contribution in [0.15, 0.2) is 60.0 Å². The van der Waals surface area contributed by atoms with Crippen LogP contribution in [0.5, 0.6) is 17.2 Å². The number of pyridine rings is 1. The maximum Gasteiger partial charge on any atom is 0.238 e. The minimum atomic E-state index is -0.195. The van der Waals surface area contributed by atoms with Crippen LogP contribution < -0.4 is 25.4 Å². The molecule has 3 N–H and O–H groups in total. The number of hydrogen-bond donors (Lipinski definition) is 2. The van der Waals surface area contributed by atoms with Crippen molar-refractivity contribution < 1.29 is 23.7 Å². The molecule has 1 amide bonds. The molecule has 0 radical (unpaired) electrons. The van der Waals surface area contributed by atoms with Crippen LogP contribution in [0.4, 0.5) is 5.69 Å². The standard InChI is InChI=1S/C42H61ClN6O5/c1-9-18-48(28-40(50)46-32-12-13-37(51-7)35(43)25-32)19-10-11-30(2)33-26-39(54-29-41(3,4)42(5,6)49-20-22-53-23-21-49)38(52-8)27-34(33)36(47-44)24-31-14-16-45-17-15-31/h12-17,25-27,30H,9-11,18-24,28-29,44H2,1-8H3,(H,46,50)/b47-36-. The number of carbonyl (C=O) groups excluding carboxylic acids is 1. The molecule has 2 aromatic carbocycles. The Morgan fingerprint density at radius 2 is 1.74 bits per heavy atom. The number of rotatable bonds is 20. The highest BCUT2D eigenvalue weighted by atomic mass is 35.5. The highest BCUT2D eigenvalue weighted by Gasteiger charge is 2.43. The Hall–Kier alpha value is -3.90. The van der Waals surface area contributed by atoms with Gasteiger partial charge in [-0.05, 0) is 106 Å². The predicted molar refractivity (Wildman–Crippen MR) is 218 cm³/mol. The van der Waals surface area contributed by atoms with Crippen molar-refractivity contribution in [3.05, 3.63) is 76.6 Å². The van der Waals surface area contributed by atoms with E-state index in [0.717, 1.165) is 81.1 Å². The minimum Gasteiger partial charge on any atom is -0.495 e. The molecule has 0 spiro atoms. The van der Waals surface area contributed by atoms with Crippen LogP contribution in [-0.4, -0.2) is 98.7 Å². The summed E-state index contributed by atoms with van der Waals surface area (Å²) in [6.07, 6.45) is 6.78. The maximum absolute atomic E-state index is 13.1. The largest absolute Gasteiger partial charge is 0.495 e. The van der Waals surface area contributed by atoms with E-state index in [4.69, 9.17) is 36.4 Å². The Kier molecular flexibility index (Phi) is 16.0. The van der Waals surface area contributed by atoms with Crippen LogP contribution in [-0.2, 0) is 16.0 Å². The molecule has 1 unspecified atom stereocenters. The van der Waals surface area contributed by atoms with Crippen molar-refractivity contribution in [2.45, 2.75) is 78.7 Å². The summed E-state index contributed by atoms with van der Waals surface area (Å²) in [6.45, 7) is 19.1. The number of ether oxygens (including phenoxy) is 4. The first-order valence-corrected chi connectivity index (χ1v) is 19.4. The van der Waals surface area contributed by atoms with Crippen LogP contribution in [0.2, 0.25) is 5.02 Å². The molecule has 1 aliphatic rings. The second-order valence-corrected chi connectivity index (χ2v) is 15.7. The molecule has 3 aromatic rings. The van der Waals surface area contributed by atoms with E-state index in [-0.39, 0.29) is 29.3 Å². The monoisotopic (exact) mass is 764 g/mol. The summed E-state index contributed by atoms with van der Waals surface area (Å²) in [5, 5.41) is 7.73. The lowest BCUT2D eigenvalue weighted by atomic mass is 9.73. The smallest absolute Gasteiger partial charge is 0.238 e. The van der Waals surface area contributed by atoms with Gasteiger partial charge in [0.1, 0.15) is 5.75 Å². The molecule has 1 fully saturated rings. The summed E-state index contributed by atoms with van der Waals surface area (Å²) < 4.78 is 23.5. The lowest BCUT2D eigenvalue weighted by Crippen LogP contribution is -2.59. The molecule has 1 aromatic heterocycles. The molecular weight excluding hydrogens is 704 g/mol. The van der Waals surface area contributed by atoms with Crippen molar-refractivity contribution in [2.24, 2.45) is 16.4 Å². The van der Waals surface area contributed by atoms with Gasteiger partial charge < -0.3 is 30.1 Å². The topological polar surface area (TPSA) is 124 Å². The summed E-state index contributed by atoms with van der Waals surface area (Å²) in [7, 11) is 3.23. The lowest BCUT2D eigenvalue weighted by Gasteiger charge is -2.50. The van der Waals surface area contributed by atoms with Crippen molar-refractivity contribution in [1.29, 1.82) is 0 Å². The number of hydrazone groups is 1. The van der Waals surface area contributed by atoms with Crippen molar-refractivity contribution in [1.82, 2.24) is 14.8 Å². The Bertz CT molecular complexity index is 1680.